The van der Waals surface area contributed by atoms with Crippen LogP contribution in [0, 0.1) is 11.8 Å². The van der Waals surface area contributed by atoms with Crippen molar-refractivity contribution in [2.45, 2.75) is 39.7 Å². The molecule has 0 spiro atoms. The van der Waals surface area contributed by atoms with E-state index in [0.717, 1.165) is 18.4 Å². The molecule has 21 heavy (non-hydrogen) atoms. The second kappa shape index (κ2) is 9.34. The minimum Gasteiger partial charge on any atom is -0.481 e. The number of carbonyl (C=O) groups is 1. The van der Waals surface area contributed by atoms with Crippen LogP contribution in [0.2, 0.25) is 0 Å². The normalized spacial score (nSPS) is 12.2. The lowest BCUT2D eigenvalue weighted by Crippen LogP contribution is -2.24. The summed E-state index contributed by atoms with van der Waals surface area (Å²) in [6.07, 6.45) is 4.06. The van der Waals surface area contributed by atoms with Crippen LogP contribution in [0.25, 0.3) is 0 Å². The van der Waals surface area contributed by atoms with Crippen LogP contribution < -0.4 is 15.8 Å². The summed E-state index contributed by atoms with van der Waals surface area (Å²) >= 11 is 0. The van der Waals surface area contributed by atoms with Crippen molar-refractivity contribution < 1.29 is 9.53 Å². The van der Waals surface area contributed by atoms with Crippen LogP contribution in [-0.4, -0.2) is 24.5 Å². The quantitative estimate of drug-likeness (QED) is 0.731. The summed E-state index contributed by atoms with van der Waals surface area (Å²) in [7, 11) is 1.58. The molecule has 5 nitrogen and oxygen atoms in total. The van der Waals surface area contributed by atoms with Gasteiger partial charge >= 0.3 is 0 Å². The van der Waals surface area contributed by atoms with Crippen molar-refractivity contribution >= 4 is 5.91 Å². The number of methoxy groups -OCH3 is 1. The molecule has 1 aromatic rings. The minimum absolute atomic E-state index is 0.0589. The molecular weight excluding hydrogens is 266 g/mol. The fourth-order valence-corrected chi connectivity index (χ4v) is 2.37. The molecule has 5 heteroatoms. The van der Waals surface area contributed by atoms with Crippen molar-refractivity contribution in [3.8, 4) is 5.88 Å². The Balaban J connectivity index is 2.40. The zero-order valence-corrected chi connectivity index (χ0v) is 13.3. The fourth-order valence-electron chi connectivity index (χ4n) is 2.37. The van der Waals surface area contributed by atoms with Crippen molar-refractivity contribution in [3.05, 3.63) is 23.9 Å². The van der Waals surface area contributed by atoms with Crippen LogP contribution in [0.15, 0.2) is 18.3 Å². The minimum atomic E-state index is 0.0589. The Morgan fingerprint density at radius 2 is 2.19 bits per heavy atom. The second-order valence-electron chi connectivity index (χ2n) is 5.57. The molecule has 0 saturated heterocycles. The number of carbonyl (C=O) groups excluding carboxylic acids is 1. The molecular formula is C16H27N3O2. The molecule has 0 aliphatic carbocycles. The van der Waals surface area contributed by atoms with E-state index in [1.54, 1.807) is 13.3 Å². The zero-order chi connectivity index (χ0) is 15.7. The number of rotatable bonds is 9. The average Bonchev–Trinajstić information content (AvgIpc) is 2.49. The average molecular weight is 293 g/mol. The van der Waals surface area contributed by atoms with E-state index in [2.05, 4.69) is 24.1 Å². The van der Waals surface area contributed by atoms with E-state index in [9.17, 15) is 4.79 Å². The van der Waals surface area contributed by atoms with Crippen molar-refractivity contribution in [1.29, 1.82) is 0 Å². The molecule has 3 N–H and O–H groups in total. The molecule has 1 heterocycles. The van der Waals surface area contributed by atoms with Crippen molar-refractivity contribution in [2.75, 3.05) is 13.7 Å². The van der Waals surface area contributed by atoms with Crippen LogP contribution in [0.1, 0.15) is 38.7 Å². The van der Waals surface area contributed by atoms with E-state index < -0.39 is 0 Å². The van der Waals surface area contributed by atoms with Crippen molar-refractivity contribution in [2.24, 2.45) is 17.6 Å². The van der Waals surface area contributed by atoms with Crippen LogP contribution >= 0.6 is 0 Å². The highest BCUT2D eigenvalue weighted by molar-refractivity contribution is 5.75. The lowest BCUT2D eigenvalue weighted by atomic mass is 9.88. The first-order valence-corrected chi connectivity index (χ1v) is 7.53. The Bertz CT molecular complexity index is 435. The lowest BCUT2D eigenvalue weighted by Gasteiger charge is -2.19. The van der Waals surface area contributed by atoms with Crippen molar-refractivity contribution in [3.63, 3.8) is 0 Å². The lowest BCUT2D eigenvalue weighted by molar-refractivity contribution is -0.121. The predicted molar refractivity (Wildman–Crippen MR) is 83.9 cm³/mol. The molecule has 1 amide bonds. The predicted octanol–water partition coefficient (Wildman–Crippen LogP) is 2.11. The van der Waals surface area contributed by atoms with Gasteiger partial charge in [0.25, 0.3) is 0 Å². The summed E-state index contributed by atoms with van der Waals surface area (Å²) in [5, 5.41) is 2.92. The first-order chi connectivity index (χ1) is 10.1. The second-order valence-corrected chi connectivity index (χ2v) is 5.57. The molecule has 0 aliphatic heterocycles. The smallest absolute Gasteiger partial charge is 0.220 e. The summed E-state index contributed by atoms with van der Waals surface area (Å²) < 4.78 is 5.16. The highest BCUT2D eigenvalue weighted by Gasteiger charge is 2.14. The number of nitrogens with one attached hydrogen (secondary N) is 1. The SMILES string of the molecule is COc1ncccc1CNC(=O)CCC(CCN)C(C)C. The molecule has 1 rings (SSSR count). The number of pyridine rings is 1. The van der Waals surface area contributed by atoms with Gasteiger partial charge in [-0.1, -0.05) is 19.9 Å². The monoisotopic (exact) mass is 293 g/mol. The number of nitrogens with zero attached hydrogens (tertiary/aromatic N) is 1. The summed E-state index contributed by atoms with van der Waals surface area (Å²) in [6.45, 7) is 5.48. The number of hydrogen-bond acceptors (Lipinski definition) is 4. The Morgan fingerprint density at radius 1 is 1.43 bits per heavy atom. The Kier molecular flexibility index (Phi) is 7.75. The number of ether oxygens (including phenoxy) is 1. The van der Waals surface area contributed by atoms with E-state index in [4.69, 9.17) is 10.5 Å². The van der Waals surface area contributed by atoms with Crippen LogP contribution in [0.3, 0.4) is 0 Å². The molecule has 118 valence electrons. The molecule has 0 saturated carbocycles. The van der Waals surface area contributed by atoms with Gasteiger partial charge < -0.3 is 15.8 Å². The van der Waals surface area contributed by atoms with Gasteiger partial charge in [-0.25, -0.2) is 4.98 Å². The maximum absolute atomic E-state index is 11.9. The molecule has 0 radical (unpaired) electrons. The Hall–Kier alpha value is -1.62. The number of amides is 1. The highest BCUT2D eigenvalue weighted by atomic mass is 16.5. The van der Waals surface area contributed by atoms with Gasteiger partial charge in [0.1, 0.15) is 0 Å². The van der Waals surface area contributed by atoms with E-state index >= 15 is 0 Å². The van der Waals surface area contributed by atoms with Gasteiger partial charge in [-0.05, 0) is 37.3 Å². The largest absolute Gasteiger partial charge is 0.481 e. The van der Waals surface area contributed by atoms with Gasteiger partial charge in [-0.15, -0.1) is 0 Å². The Labute approximate surface area is 127 Å². The molecule has 0 aromatic carbocycles. The molecule has 0 aliphatic rings. The maximum atomic E-state index is 11.9. The standard InChI is InChI=1S/C16H27N3O2/c1-12(2)13(8-9-17)6-7-15(20)19-11-14-5-4-10-18-16(14)21-3/h4-5,10,12-13H,6-9,11,17H2,1-3H3,(H,19,20). The number of nitrogens with two attached hydrogens (primary N) is 1. The molecule has 1 atom stereocenters. The van der Waals surface area contributed by atoms with E-state index in [0.29, 0.717) is 37.2 Å². The summed E-state index contributed by atoms with van der Waals surface area (Å²) in [6, 6.07) is 3.73. The third kappa shape index (κ3) is 6.12. The van der Waals surface area contributed by atoms with E-state index in [-0.39, 0.29) is 5.91 Å². The van der Waals surface area contributed by atoms with Gasteiger partial charge in [0, 0.05) is 24.7 Å². The number of hydrogen-bond donors (Lipinski definition) is 2. The third-order valence-electron chi connectivity index (χ3n) is 3.74. The molecule has 0 bridgehead atoms. The first-order valence-electron chi connectivity index (χ1n) is 7.53. The van der Waals surface area contributed by atoms with Crippen LogP contribution in [0.4, 0.5) is 0 Å². The number of aromatic nitrogens is 1. The van der Waals surface area contributed by atoms with Gasteiger partial charge in [0.15, 0.2) is 0 Å². The third-order valence-corrected chi connectivity index (χ3v) is 3.74. The van der Waals surface area contributed by atoms with Crippen LogP contribution in [-0.2, 0) is 11.3 Å². The topological polar surface area (TPSA) is 77.2 Å². The van der Waals surface area contributed by atoms with Crippen molar-refractivity contribution in [1.82, 2.24) is 10.3 Å². The first kappa shape index (κ1) is 17.4. The van der Waals surface area contributed by atoms with E-state index in [1.807, 2.05) is 12.1 Å². The highest BCUT2D eigenvalue weighted by Crippen LogP contribution is 2.20. The summed E-state index contributed by atoms with van der Waals surface area (Å²) in [4.78, 5) is 16.1. The van der Waals surface area contributed by atoms with Gasteiger partial charge in [-0.2, -0.15) is 0 Å². The molecule has 1 unspecified atom stereocenters. The molecule has 0 fully saturated rings. The van der Waals surface area contributed by atoms with Gasteiger partial charge in [0.2, 0.25) is 11.8 Å². The Morgan fingerprint density at radius 3 is 2.81 bits per heavy atom. The summed E-state index contributed by atoms with van der Waals surface area (Å²) in [5.41, 5.74) is 6.50. The summed E-state index contributed by atoms with van der Waals surface area (Å²) in [5.74, 6) is 1.68. The van der Waals surface area contributed by atoms with E-state index in [1.165, 1.54) is 0 Å². The van der Waals surface area contributed by atoms with Crippen LogP contribution in [0.5, 0.6) is 5.88 Å². The zero-order valence-electron chi connectivity index (χ0n) is 13.3. The van der Waals surface area contributed by atoms with Gasteiger partial charge in [0.05, 0.1) is 7.11 Å². The fraction of sp³-hybridized carbons (Fsp3) is 0.625. The molecule has 1 aromatic heterocycles. The van der Waals surface area contributed by atoms with Gasteiger partial charge in [-0.3, -0.25) is 4.79 Å². The maximum Gasteiger partial charge on any atom is 0.220 e.